The Hall–Kier alpha value is -1.67. The van der Waals surface area contributed by atoms with Gasteiger partial charge in [-0.2, -0.15) is 14.5 Å². The predicted octanol–water partition coefficient (Wildman–Crippen LogP) is 0.900. The highest BCUT2D eigenvalue weighted by Gasteiger charge is 2.28. The molecule has 7 nitrogen and oxygen atoms in total. The first-order chi connectivity index (χ1) is 9.64. The average Bonchev–Trinajstić information content (AvgIpc) is 2.79. The lowest BCUT2D eigenvalue weighted by Gasteiger charge is -2.17. The highest BCUT2D eigenvalue weighted by atomic mass is 32.2. The van der Waals surface area contributed by atoms with E-state index < -0.39 is 10.0 Å². The van der Waals surface area contributed by atoms with Crippen molar-refractivity contribution < 1.29 is 8.42 Å². The predicted molar refractivity (Wildman–Crippen MR) is 79.3 cm³/mol. The molecular formula is C13H21N5O2S. The SMILES string of the molecule is Cc1nn(C)cc1CN(C)S(=O)(=O)c1c(C)nn(C)c1C. The molecule has 21 heavy (non-hydrogen) atoms. The number of rotatable bonds is 4. The third kappa shape index (κ3) is 2.73. The van der Waals surface area contributed by atoms with Gasteiger partial charge < -0.3 is 0 Å². The molecule has 0 spiro atoms. The average molecular weight is 311 g/mol. The number of hydrogen-bond donors (Lipinski definition) is 0. The molecule has 0 aliphatic rings. The standard InChI is InChI=1S/C13H21N5O2S/c1-9-12(7-16(4)14-9)8-17(5)21(19,20)13-10(2)15-18(6)11(13)3/h7H,8H2,1-6H3. The van der Waals surface area contributed by atoms with E-state index in [9.17, 15) is 8.42 Å². The number of nitrogens with zero attached hydrogens (tertiary/aromatic N) is 5. The molecule has 2 aromatic heterocycles. The molecule has 0 radical (unpaired) electrons. The van der Waals surface area contributed by atoms with Crippen molar-refractivity contribution in [3.8, 4) is 0 Å². The molecule has 2 rings (SSSR count). The molecule has 0 aliphatic carbocycles. The minimum atomic E-state index is -3.57. The van der Waals surface area contributed by atoms with Crippen molar-refractivity contribution in [2.45, 2.75) is 32.2 Å². The van der Waals surface area contributed by atoms with E-state index in [1.807, 2.05) is 20.2 Å². The van der Waals surface area contributed by atoms with Crippen LogP contribution in [0.5, 0.6) is 0 Å². The molecule has 0 amide bonds. The van der Waals surface area contributed by atoms with E-state index in [0.717, 1.165) is 11.3 Å². The molecule has 0 bridgehead atoms. The van der Waals surface area contributed by atoms with E-state index in [1.165, 1.54) is 4.31 Å². The van der Waals surface area contributed by atoms with E-state index in [2.05, 4.69) is 10.2 Å². The third-order valence-electron chi connectivity index (χ3n) is 3.62. The molecule has 0 saturated heterocycles. The van der Waals surface area contributed by atoms with Gasteiger partial charge >= 0.3 is 0 Å². The van der Waals surface area contributed by atoms with Crippen LogP contribution >= 0.6 is 0 Å². The van der Waals surface area contributed by atoms with Crippen LogP contribution in [-0.2, 0) is 30.7 Å². The van der Waals surface area contributed by atoms with Crippen LogP contribution in [0, 0.1) is 20.8 Å². The molecular weight excluding hydrogens is 290 g/mol. The second-order valence-electron chi connectivity index (χ2n) is 5.30. The second-order valence-corrected chi connectivity index (χ2v) is 7.28. The van der Waals surface area contributed by atoms with Crippen LogP contribution in [0.3, 0.4) is 0 Å². The van der Waals surface area contributed by atoms with E-state index >= 15 is 0 Å². The fourth-order valence-electron chi connectivity index (χ4n) is 2.41. The molecule has 0 aliphatic heterocycles. The van der Waals surface area contributed by atoms with Gasteiger partial charge in [0.2, 0.25) is 10.0 Å². The van der Waals surface area contributed by atoms with Crippen molar-refractivity contribution in [3.05, 3.63) is 28.8 Å². The van der Waals surface area contributed by atoms with Gasteiger partial charge in [0.1, 0.15) is 4.90 Å². The summed E-state index contributed by atoms with van der Waals surface area (Å²) in [6.07, 6.45) is 1.84. The number of sulfonamides is 1. The summed E-state index contributed by atoms with van der Waals surface area (Å²) < 4.78 is 30.1. The summed E-state index contributed by atoms with van der Waals surface area (Å²) in [5.74, 6) is 0. The zero-order chi connectivity index (χ0) is 15.9. The van der Waals surface area contributed by atoms with Crippen LogP contribution in [0.2, 0.25) is 0 Å². The van der Waals surface area contributed by atoms with Gasteiger partial charge in [-0.15, -0.1) is 0 Å². The van der Waals surface area contributed by atoms with Crippen molar-refractivity contribution in [2.75, 3.05) is 7.05 Å². The topological polar surface area (TPSA) is 73.0 Å². The minimum Gasteiger partial charge on any atom is -0.275 e. The lowest BCUT2D eigenvalue weighted by atomic mass is 10.3. The van der Waals surface area contributed by atoms with Crippen LogP contribution < -0.4 is 0 Å². The zero-order valence-electron chi connectivity index (χ0n) is 13.2. The Morgan fingerprint density at radius 3 is 2.19 bits per heavy atom. The minimum absolute atomic E-state index is 0.286. The van der Waals surface area contributed by atoms with Gasteiger partial charge in [0.15, 0.2) is 0 Å². The lowest BCUT2D eigenvalue weighted by Crippen LogP contribution is -2.27. The maximum Gasteiger partial charge on any atom is 0.246 e. The summed E-state index contributed by atoms with van der Waals surface area (Å²) in [6.45, 7) is 5.63. The van der Waals surface area contributed by atoms with Crippen LogP contribution in [0.25, 0.3) is 0 Å². The van der Waals surface area contributed by atoms with Gasteiger partial charge in [-0.05, 0) is 20.8 Å². The van der Waals surface area contributed by atoms with E-state index in [0.29, 0.717) is 11.4 Å². The van der Waals surface area contributed by atoms with E-state index in [4.69, 9.17) is 0 Å². The van der Waals surface area contributed by atoms with Crippen LogP contribution in [-0.4, -0.2) is 39.3 Å². The molecule has 0 unspecified atom stereocenters. The van der Waals surface area contributed by atoms with Crippen molar-refractivity contribution in [3.63, 3.8) is 0 Å². The normalized spacial score (nSPS) is 12.3. The second kappa shape index (κ2) is 5.27. The molecule has 2 aromatic rings. The number of aryl methyl sites for hydroxylation is 4. The van der Waals surface area contributed by atoms with Crippen LogP contribution in [0.4, 0.5) is 0 Å². The van der Waals surface area contributed by atoms with Crippen molar-refractivity contribution >= 4 is 10.0 Å². The van der Waals surface area contributed by atoms with Gasteiger partial charge in [-0.3, -0.25) is 9.36 Å². The molecule has 2 heterocycles. The molecule has 0 saturated carbocycles. The van der Waals surface area contributed by atoms with Crippen LogP contribution in [0.15, 0.2) is 11.1 Å². The molecule has 0 aromatic carbocycles. The summed E-state index contributed by atoms with van der Waals surface area (Å²) in [6, 6.07) is 0. The Bertz CT molecular complexity index is 773. The molecule has 116 valence electrons. The fourth-order valence-corrected chi connectivity index (χ4v) is 3.95. The van der Waals surface area contributed by atoms with Gasteiger partial charge in [-0.25, -0.2) is 8.42 Å². The van der Waals surface area contributed by atoms with Crippen molar-refractivity contribution in [2.24, 2.45) is 14.1 Å². The smallest absolute Gasteiger partial charge is 0.246 e. The Morgan fingerprint density at radius 1 is 1.14 bits per heavy atom. The Labute approximate surface area is 125 Å². The largest absolute Gasteiger partial charge is 0.275 e. The Morgan fingerprint density at radius 2 is 1.76 bits per heavy atom. The summed E-state index contributed by atoms with van der Waals surface area (Å²) >= 11 is 0. The van der Waals surface area contributed by atoms with Gasteiger partial charge in [-0.1, -0.05) is 0 Å². The third-order valence-corrected chi connectivity index (χ3v) is 5.68. The monoisotopic (exact) mass is 311 g/mol. The fraction of sp³-hybridized carbons (Fsp3) is 0.538. The summed E-state index contributed by atoms with van der Waals surface area (Å²) in [4.78, 5) is 0.286. The summed E-state index contributed by atoms with van der Waals surface area (Å²) in [7, 11) is 1.57. The van der Waals surface area contributed by atoms with E-state index in [-0.39, 0.29) is 11.4 Å². The number of hydrogen-bond acceptors (Lipinski definition) is 4. The first-order valence-corrected chi connectivity index (χ1v) is 8.04. The maximum atomic E-state index is 12.8. The Balaban J connectivity index is 2.37. The quantitative estimate of drug-likeness (QED) is 0.841. The summed E-state index contributed by atoms with van der Waals surface area (Å²) in [5, 5.41) is 8.42. The van der Waals surface area contributed by atoms with Crippen molar-refractivity contribution in [1.29, 1.82) is 0 Å². The van der Waals surface area contributed by atoms with Gasteiger partial charge in [0.05, 0.1) is 17.1 Å². The molecule has 0 N–H and O–H groups in total. The van der Waals surface area contributed by atoms with E-state index in [1.54, 1.807) is 37.3 Å². The maximum absolute atomic E-state index is 12.8. The first kappa shape index (κ1) is 15.7. The summed E-state index contributed by atoms with van der Waals surface area (Å²) in [5.41, 5.74) is 2.88. The first-order valence-electron chi connectivity index (χ1n) is 6.60. The molecule has 0 atom stereocenters. The molecule has 8 heteroatoms. The highest BCUT2D eigenvalue weighted by molar-refractivity contribution is 7.89. The van der Waals surface area contributed by atoms with Gasteiger partial charge in [0.25, 0.3) is 0 Å². The van der Waals surface area contributed by atoms with Crippen LogP contribution in [0.1, 0.15) is 22.6 Å². The molecule has 0 fully saturated rings. The lowest BCUT2D eigenvalue weighted by molar-refractivity contribution is 0.465. The van der Waals surface area contributed by atoms with Gasteiger partial charge in [0, 0.05) is 39.4 Å². The Kier molecular flexibility index (Phi) is 3.94. The van der Waals surface area contributed by atoms with Crippen molar-refractivity contribution in [1.82, 2.24) is 23.9 Å². The highest BCUT2D eigenvalue weighted by Crippen LogP contribution is 2.23. The zero-order valence-corrected chi connectivity index (χ0v) is 14.1. The number of aromatic nitrogens is 4.